The SMILES string of the molecule is CNC(=O)CN(CCc1cccc(OCc2ccccc2)c1)Cc1ccco1.Cl. The molecule has 0 spiro atoms. The molecule has 0 aliphatic carbocycles. The Morgan fingerprint density at radius 3 is 2.55 bits per heavy atom. The van der Waals surface area contributed by atoms with Crippen molar-refractivity contribution in [1.82, 2.24) is 10.2 Å². The largest absolute Gasteiger partial charge is 0.489 e. The topological polar surface area (TPSA) is 54.7 Å². The summed E-state index contributed by atoms with van der Waals surface area (Å²) >= 11 is 0. The van der Waals surface area contributed by atoms with Gasteiger partial charge in [0.1, 0.15) is 18.1 Å². The first kappa shape index (κ1) is 22.5. The second kappa shape index (κ2) is 11.9. The van der Waals surface area contributed by atoms with E-state index in [4.69, 9.17) is 9.15 Å². The number of ether oxygens (including phenoxy) is 1. The molecular formula is C23H27ClN2O3. The first-order valence-corrected chi connectivity index (χ1v) is 9.44. The molecule has 1 aromatic heterocycles. The highest BCUT2D eigenvalue weighted by atomic mass is 35.5. The summed E-state index contributed by atoms with van der Waals surface area (Å²) in [4.78, 5) is 13.9. The summed E-state index contributed by atoms with van der Waals surface area (Å²) in [6.45, 7) is 2.23. The minimum atomic E-state index is -0.00787. The molecule has 3 rings (SSSR count). The van der Waals surface area contributed by atoms with Gasteiger partial charge in [0.25, 0.3) is 0 Å². The molecule has 0 atom stereocenters. The molecule has 0 radical (unpaired) electrons. The summed E-state index contributed by atoms with van der Waals surface area (Å²) in [5.74, 6) is 1.69. The number of hydrogen-bond donors (Lipinski definition) is 1. The van der Waals surface area contributed by atoms with Crippen LogP contribution in [0.1, 0.15) is 16.9 Å². The van der Waals surface area contributed by atoms with Crippen LogP contribution in [0.5, 0.6) is 5.75 Å². The lowest BCUT2D eigenvalue weighted by Crippen LogP contribution is -2.36. The highest BCUT2D eigenvalue weighted by molar-refractivity contribution is 5.85. The van der Waals surface area contributed by atoms with Crippen molar-refractivity contribution in [3.05, 3.63) is 89.9 Å². The Labute approximate surface area is 178 Å². The highest BCUT2D eigenvalue weighted by Crippen LogP contribution is 2.16. The number of carbonyl (C=O) groups excluding carboxylic acids is 1. The van der Waals surface area contributed by atoms with Crippen LogP contribution in [0.3, 0.4) is 0 Å². The first-order valence-electron chi connectivity index (χ1n) is 9.44. The van der Waals surface area contributed by atoms with Crippen molar-refractivity contribution in [1.29, 1.82) is 0 Å². The van der Waals surface area contributed by atoms with Crippen molar-refractivity contribution in [2.24, 2.45) is 0 Å². The number of nitrogens with zero attached hydrogens (tertiary/aromatic N) is 1. The highest BCUT2D eigenvalue weighted by Gasteiger charge is 2.12. The quantitative estimate of drug-likeness (QED) is 0.543. The molecule has 0 bridgehead atoms. The fourth-order valence-corrected chi connectivity index (χ4v) is 2.94. The average molecular weight is 415 g/mol. The maximum atomic E-state index is 11.8. The van der Waals surface area contributed by atoms with Crippen LogP contribution in [0.4, 0.5) is 0 Å². The zero-order chi connectivity index (χ0) is 19.6. The lowest BCUT2D eigenvalue weighted by molar-refractivity contribution is -0.121. The van der Waals surface area contributed by atoms with Crippen LogP contribution in [0.2, 0.25) is 0 Å². The lowest BCUT2D eigenvalue weighted by Gasteiger charge is -2.20. The Balaban J connectivity index is 0.00000300. The van der Waals surface area contributed by atoms with Gasteiger partial charge in [-0.15, -0.1) is 12.4 Å². The molecule has 6 heteroatoms. The number of likely N-dealkylation sites (N-methyl/N-ethyl adjacent to an activating group) is 1. The van der Waals surface area contributed by atoms with E-state index in [2.05, 4.69) is 34.5 Å². The molecule has 1 heterocycles. The van der Waals surface area contributed by atoms with Crippen molar-refractivity contribution in [2.75, 3.05) is 20.1 Å². The molecule has 0 fully saturated rings. The van der Waals surface area contributed by atoms with Gasteiger partial charge in [0.2, 0.25) is 5.91 Å². The van der Waals surface area contributed by atoms with Crippen LogP contribution in [0.15, 0.2) is 77.4 Å². The molecule has 1 N–H and O–H groups in total. The van der Waals surface area contributed by atoms with E-state index in [1.54, 1.807) is 13.3 Å². The summed E-state index contributed by atoms with van der Waals surface area (Å²) < 4.78 is 11.3. The lowest BCUT2D eigenvalue weighted by atomic mass is 10.1. The summed E-state index contributed by atoms with van der Waals surface area (Å²) in [5, 5.41) is 2.68. The Hall–Kier alpha value is -2.76. The number of rotatable bonds is 10. The first-order chi connectivity index (χ1) is 13.7. The van der Waals surface area contributed by atoms with Crippen LogP contribution >= 0.6 is 12.4 Å². The maximum Gasteiger partial charge on any atom is 0.233 e. The fourth-order valence-electron chi connectivity index (χ4n) is 2.94. The Morgan fingerprint density at radius 2 is 1.83 bits per heavy atom. The van der Waals surface area contributed by atoms with Crippen LogP contribution in [0, 0.1) is 0 Å². The third kappa shape index (κ3) is 7.64. The van der Waals surface area contributed by atoms with Crippen LogP contribution < -0.4 is 10.1 Å². The molecule has 0 unspecified atom stereocenters. The molecule has 1 amide bonds. The molecule has 0 aliphatic heterocycles. The second-order valence-electron chi connectivity index (χ2n) is 6.63. The summed E-state index contributed by atoms with van der Waals surface area (Å²) in [7, 11) is 1.65. The van der Waals surface area contributed by atoms with E-state index in [9.17, 15) is 4.79 Å². The summed E-state index contributed by atoms with van der Waals surface area (Å²) in [6.07, 6.45) is 2.47. The van der Waals surface area contributed by atoms with Gasteiger partial charge in [-0.1, -0.05) is 42.5 Å². The monoisotopic (exact) mass is 414 g/mol. The number of benzene rings is 2. The Kier molecular flexibility index (Phi) is 9.28. The number of halogens is 1. The van der Waals surface area contributed by atoms with Gasteiger partial charge < -0.3 is 14.5 Å². The third-order valence-corrected chi connectivity index (χ3v) is 4.47. The van der Waals surface area contributed by atoms with Crippen LogP contribution in [0.25, 0.3) is 0 Å². The number of hydrogen-bond acceptors (Lipinski definition) is 4. The molecule has 29 heavy (non-hydrogen) atoms. The molecule has 3 aromatic rings. The zero-order valence-electron chi connectivity index (χ0n) is 16.5. The Bertz CT molecular complexity index is 854. The minimum Gasteiger partial charge on any atom is -0.489 e. The Morgan fingerprint density at radius 1 is 1.03 bits per heavy atom. The van der Waals surface area contributed by atoms with E-state index in [0.29, 0.717) is 19.7 Å². The molecular weight excluding hydrogens is 388 g/mol. The molecule has 0 saturated carbocycles. The number of amides is 1. The molecule has 154 valence electrons. The van der Waals surface area contributed by atoms with Crippen LogP contribution in [-0.4, -0.2) is 30.9 Å². The number of furan rings is 1. The second-order valence-corrected chi connectivity index (χ2v) is 6.63. The average Bonchev–Trinajstić information content (AvgIpc) is 3.24. The van der Waals surface area contributed by atoms with Gasteiger partial charge in [-0.3, -0.25) is 9.69 Å². The fraction of sp³-hybridized carbons (Fsp3) is 0.261. The van der Waals surface area contributed by atoms with Gasteiger partial charge in [-0.2, -0.15) is 0 Å². The van der Waals surface area contributed by atoms with E-state index in [1.165, 1.54) is 5.56 Å². The summed E-state index contributed by atoms with van der Waals surface area (Å²) in [5.41, 5.74) is 2.31. The van der Waals surface area contributed by atoms with Gasteiger partial charge in [-0.05, 0) is 41.8 Å². The van der Waals surface area contributed by atoms with Gasteiger partial charge in [-0.25, -0.2) is 0 Å². The van der Waals surface area contributed by atoms with E-state index in [0.717, 1.165) is 30.0 Å². The maximum absolute atomic E-state index is 11.8. The van der Waals surface area contributed by atoms with Gasteiger partial charge in [0.15, 0.2) is 0 Å². The normalized spacial score (nSPS) is 10.4. The zero-order valence-corrected chi connectivity index (χ0v) is 17.4. The molecule has 2 aromatic carbocycles. The van der Waals surface area contributed by atoms with Crippen molar-refractivity contribution < 1.29 is 13.9 Å². The van der Waals surface area contributed by atoms with Gasteiger partial charge in [0, 0.05) is 13.6 Å². The molecule has 0 saturated heterocycles. The third-order valence-electron chi connectivity index (χ3n) is 4.47. The smallest absolute Gasteiger partial charge is 0.233 e. The van der Waals surface area contributed by atoms with Crippen molar-refractivity contribution in [3.63, 3.8) is 0 Å². The minimum absolute atomic E-state index is 0. The molecule has 5 nitrogen and oxygen atoms in total. The standard InChI is InChI=1S/C23H26N2O3.ClH/c1-24-23(26)17-25(16-22-11-6-14-27-22)13-12-19-9-5-10-21(15-19)28-18-20-7-3-2-4-8-20;/h2-11,14-15H,12-13,16-18H2,1H3,(H,24,26);1H. The predicted molar refractivity (Wildman–Crippen MR) is 116 cm³/mol. The van der Waals surface area contributed by atoms with Gasteiger partial charge in [0.05, 0.1) is 19.4 Å². The van der Waals surface area contributed by atoms with E-state index >= 15 is 0 Å². The van der Waals surface area contributed by atoms with Crippen molar-refractivity contribution in [3.8, 4) is 5.75 Å². The molecule has 0 aliphatic rings. The summed E-state index contributed by atoms with van der Waals surface area (Å²) in [6, 6.07) is 22.0. The van der Waals surface area contributed by atoms with E-state index in [1.807, 2.05) is 42.5 Å². The van der Waals surface area contributed by atoms with E-state index in [-0.39, 0.29) is 18.3 Å². The van der Waals surface area contributed by atoms with Crippen molar-refractivity contribution >= 4 is 18.3 Å². The van der Waals surface area contributed by atoms with Crippen molar-refractivity contribution in [2.45, 2.75) is 19.6 Å². The predicted octanol–water partition coefficient (Wildman–Crippen LogP) is 4.07. The van der Waals surface area contributed by atoms with Gasteiger partial charge >= 0.3 is 0 Å². The van der Waals surface area contributed by atoms with Crippen LogP contribution in [-0.2, 0) is 24.4 Å². The van der Waals surface area contributed by atoms with E-state index < -0.39 is 0 Å². The number of carbonyl (C=O) groups is 1. The number of nitrogens with one attached hydrogen (secondary N) is 1.